The molecule has 5 nitrogen and oxygen atoms in total. The molecule has 1 N–H and O–H groups in total. The number of nitrogens with one attached hydrogen (secondary N) is 1. The lowest BCUT2D eigenvalue weighted by molar-refractivity contribution is 0.169. The van der Waals surface area contributed by atoms with Crippen LogP contribution in [0.4, 0.5) is 4.79 Å². The first-order chi connectivity index (χ1) is 14.8. The van der Waals surface area contributed by atoms with Crippen molar-refractivity contribution >= 4 is 17.4 Å². The molecule has 0 unspecified atom stereocenters. The number of benzene rings is 1. The summed E-state index contributed by atoms with van der Waals surface area (Å²) < 4.78 is 0. The van der Waals surface area contributed by atoms with Gasteiger partial charge in [0.15, 0.2) is 0 Å². The fraction of sp³-hybridized carbons (Fsp3) is 0.542. The van der Waals surface area contributed by atoms with Crippen LogP contribution in [0.5, 0.6) is 0 Å². The third kappa shape index (κ3) is 6.30. The number of urea groups is 1. The number of likely N-dealkylation sites (tertiary alicyclic amines) is 1. The Bertz CT molecular complexity index is 759. The number of amides is 2. The van der Waals surface area contributed by atoms with Crippen LogP contribution in [-0.2, 0) is 13.1 Å². The molecule has 2 aliphatic heterocycles. The van der Waals surface area contributed by atoms with E-state index in [2.05, 4.69) is 63.0 Å². The van der Waals surface area contributed by atoms with Gasteiger partial charge >= 0.3 is 6.03 Å². The fourth-order valence-corrected chi connectivity index (χ4v) is 5.23. The molecule has 0 radical (unpaired) electrons. The number of carbonyl (C=O) groups excluding carboxylic acids is 1. The zero-order valence-corrected chi connectivity index (χ0v) is 18.7. The molecule has 1 aromatic heterocycles. The Kier molecular flexibility index (Phi) is 7.78. The van der Waals surface area contributed by atoms with E-state index in [0.29, 0.717) is 5.92 Å². The Morgan fingerprint density at radius 1 is 0.900 bits per heavy atom. The van der Waals surface area contributed by atoms with Crippen molar-refractivity contribution in [3.05, 3.63) is 58.3 Å². The monoisotopic (exact) mass is 426 g/mol. The second-order valence-electron chi connectivity index (χ2n) is 8.59. The molecule has 30 heavy (non-hydrogen) atoms. The highest BCUT2D eigenvalue weighted by molar-refractivity contribution is 7.09. The van der Waals surface area contributed by atoms with Crippen molar-refractivity contribution in [3.8, 4) is 0 Å². The zero-order valence-electron chi connectivity index (χ0n) is 17.8. The van der Waals surface area contributed by atoms with Crippen molar-refractivity contribution in [2.45, 2.75) is 32.4 Å². The molecule has 0 saturated carbocycles. The van der Waals surface area contributed by atoms with Gasteiger partial charge in [0.2, 0.25) is 0 Å². The third-order valence-corrected chi connectivity index (χ3v) is 7.19. The van der Waals surface area contributed by atoms with E-state index >= 15 is 0 Å². The van der Waals surface area contributed by atoms with Gasteiger partial charge in [-0.3, -0.25) is 9.80 Å². The highest BCUT2D eigenvalue weighted by Crippen LogP contribution is 2.20. The van der Waals surface area contributed by atoms with Crippen LogP contribution in [-0.4, -0.2) is 66.5 Å². The van der Waals surface area contributed by atoms with Crippen LogP contribution in [0.3, 0.4) is 0 Å². The SMILES string of the molecule is O=C(NCC1CCN(Cc2cccs2)CC1)N1CCCN(Cc2ccccc2)CC1. The average molecular weight is 427 g/mol. The molecule has 2 aliphatic rings. The van der Waals surface area contributed by atoms with Crippen molar-refractivity contribution < 1.29 is 4.79 Å². The minimum atomic E-state index is 0.123. The van der Waals surface area contributed by atoms with Crippen molar-refractivity contribution in [3.63, 3.8) is 0 Å². The van der Waals surface area contributed by atoms with Crippen molar-refractivity contribution in [1.82, 2.24) is 20.0 Å². The molecule has 0 spiro atoms. The molecule has 2 saturated heterocycles. The summed E-state index contributed by atoms with van der Waals surface area (Å²) in [5, 5.41) is 5.38. The number of hydrogen-bond donors (Lipinski definition) is 1. The summed E-state index contributed by atoms with van der Waals surface area (Å²) >= 11 is 1.84. The standard InChI is InChI=1S/C24H34N4OS/c29-24(25-18-21-9-13-27(14-10-21)20-23-8-4-17-30-23)28-12-5-11-26(15-16-28)19-22-6-2-1-3-7-22/h1-4,6-8,17,21H,5,9-16,18-20H2,(H,25,29). The highest BCUT2D eigenvalue weighted by atomic mass is 32.1. The van der Waals surface area contributed by atoms with Crippen LogP contribution in [0.15, 0.2) is 47.8 Å². The minimum Gasteiger partial charge on any atom is -0.338 e. The van der Waals surface area contributed by atoms with Gasteiger partial charge in [0.25, 0.3) is 0 Å². The quantitative estimate of drug-likeness (QED) is 0.762. The predicted molar refractivity (Wildman–Crippen MR) is 124 cm³/mol. The van der Waals surface area contributed by atoms with Gasteiger partial charge in [-0.25, -0.2) is 4.79 Å². The molecule has 4 rings (SSSR count). The van der Waals surface area contributed by atoms with Crippen LogP contribution >= 0.6 is 11.3 Å². The van der Waals surface area contributed by atoms with Crippen LogP contribution < -0.4 is 5.32 Å². The van der Waals surface area contributed by atoms with E-state index in [9.17, 15) is 4.79 Å². The minimum absolute atomic E-state index is 0.123. The molecule has 1 aromatic carbocycles. The number of hydrogen-bond acceptors (Lipinski definition) is 4. The van der Waals surface area contributed by atoms with Crippen LogP contribution in [0, 0.1) is 5.92 Å². The molecule has 2 amide bonds. The lowest BCUT2D eigenvalue weighted by Crippen LogP contribution is -2.45. The van der Waals surface area contributed by atoms with E-state index in [-0.39, 0.29) is 6.03 Å². The van der Waals surface area contributed by atoms with Crippen LogP contribution in [0.25, 0.3) is 0 Å². The van der Waals surface area contributed by atoms with Crippen LogP contribution in [0.1, 0.15) is 29.7 Å². The van der Waals surface area contributed by atoms with E-state index in [1.54, 1.807) is 0 Å². The molecule has 0 bridgehead atoms. The van der Waals surface area contributed by atoms with Gasteiger partial charge < -0.3 is 10.2 Å². The molecular formula is C24H34N4OS. The number of thiophene rings is 1. The second kappa shape index (κ2) is 10.9. The van der Waals surface area contributed by atoms with Gasteiger partial charge in [-0.1, -0.05) is 36.4 Å². The first-order valence-corrected chi connectivity index (χ1v) is 12.2. The third-order valence-electron chi connectivity index (χ3n) is 6.33. The summed E-state index contributed by atoms with van der Waals surface area (Å²) in [6.07, 6.45) is 3.40. The van der Waals surface area contributed by atoms with E-state index in [1.165, 1.54) is 23.3 Å². The number of piperidine rings is 1. The first kappa shape index (κ1) is 21.3. The largest absolute Gasteiger partial charge is 0.338 e. The summed E-state index contributed by atoms with van der Waals surface area (Å²) in [5.41, 5.74) is 1.35. The number of carbonyl (C=O) groups is 1. The van der Waals surface area contributed by atoms with Gasteiger partial charge in [0, 0.05) is 50.7 Å². The molecule has 2 fully saturated rings. The Morgan fingerprint density at radius 2 is 1.70 bits per heavy atom. The van der Waals surface area contributed by atoms with Crippen molar-refractivity contribution in [2.75, 3.05) is 45.8 Å². The van der Waals surface area contributed by atoms with Gasteiger partial charge in [0.1, 0.15) is 0 Å². The van der Waals surface area contributed by atoms with Gasteiger partial charge in [-0.15, -0.1) is 11.3 Å². The Morgan fingerprint density at radius 3 is 2.47 bits per heavy atom. The van der Waals surface area contributed by atoms with Crippen LogP contribution in [0.2, 0.25) is 0 Å². The number of nitrogens with zero attached hydrogens (tertiary/aromatic N) is 3. The van der Waals surface area contributed by atoms with Crippen molar-refractivity contribution in [2.24, 2.45) is 5.92 Å². The maximum absolute atomic E-state index is 12.7. The van der Waals surface area contributed by atoms with Crippen molar-refractivity contribution in [1.29, 1.82) is 0 Å². The molecule has 6 heteroatoms. The number of rotatable bonds is 6. The second-order valence-corrected chi connectivity index (χ2v) is 9.62. The Balaban J connectivity index is 1.15. The summed E-state index contributed by atoms with van der Waals surface area (Å²) in [6, 6.07) is 15.1. The topological polar surface area (TPSA) is 38.8 Å². The lowest BCUT2D eigenvalue weighted by atomic mass is 9.97. The lowest BCUT2D eigenvalue weighted by Gasteiger charge is -2.32. The Hall–Kier alpha value is -1.89. The summed E-state index contributed by atoms with van der Waals surface area (Å²) in [7, 11) is 0. The van der Waals surface area contributed by atoms with Gasteiger partial charge in [0.05, 0.1) is 0 Å². The smallest absolute Gasteiger partial charge is 0.317 e. The highest BCUT2D eigenvalue weighted by Gasteiger charge is 2.22. The molecular weight excluding hydrogens is 392 g/mol. The van der Waals surface area contributed by atoms with E-state index in [1.807, 2.05) is 16.2 Å². The summed E-state index contributed by atoms with van der Waals surface area (Å²) in [6.45, 7) is 8.81. The molecule has 3 heterocycles. The summed E-state index contributed by atoms with van der Waals surface area (Å²) in [5.74, 6) is 0.607. The Labute approximate surface area is 184 Å². The summed E-state index contributed by atoms with van der Waals surface area (Å²) in [4.78, 5) is 21.2. The molecule has 2 aromatic rings. The molecule has 0 atom stereocenters. The molecule has 162 valence electrons. The van der Waals surface area contributed by atoms with E-state index < -0.39 is 0 Å². The molecule has 0 aliphatic carbocycles. The van der Waals surface area contributed by atoms with Gasteiger partial charge in [-0.05, 0) is 55.3 Å². The zero-order chi connectivity index (χ0) is 20.6. The van der Waals surface area contributed by atoms with Gasteiger partial charge in [-0.2, -0.15) is 0 Å². The fourth-order valence-electron chi connectivity index (χ4n) is 4.49. The maximum Gasteiger partial charge on any atom is 0.317 e. The first-order valence-electron chi connectivity index (χ1n) is 11.3. The van der Waals surface area contributed by atoms with E-state index in [0.717, 1.165) is 65.3 Å². The normalized spacial score (nSPS) is 19.5. The predicted octanol–water partition coefficient (Wildman–Crippen LogP) is 3.88. The van der Waals surface area contributed by atoms with E-state index in [4.69, 9.17) is 0 Å². The maximum atomic E-state index is 12.7. The average Bonchev–Trinajstić information content (AvgIpc) is 3.18.